The van der Waals surface area contributed by atoms with Crippen LogP contribution in [-0.2, 0) is 9.53 Å². The Labute approximate surface area is 119 Å². The number of aliphatic carboxylic acids is 1. The summed E-state index contributed by atoms with van der Waals surface area (Å²) in [5.74, 6) is -0.833. The van der Waals surface area contributed by atoms with Crippen LogP contribution < -0.4 is 0 Å². The average molecular weight is 274 g/mol. The summed E-state index contributed by atoms with van der Waals surface area (Å²) >= 11 is 0. The Morgan fingerprint density at radius 2 is 1.16 bits per heavy atom. The number of carbonyl (C=O) groups is 1. The molecule has 3 heteroatoms. The lowest BCUT2D eigenvalue weighted by molar-refractivity contribution is -0.134. The van der Waals surface area contributed by atoms with Crippen LogP contribution in [0.15, 0.2) is 0 Å². The zero-order chi connectivity index (χ0) is 14.8. The van der Waals surface area contributed by atoms with E-state index in [2.05, 4.69) is 6.92 Å². The first-order chi connectivity index (χ1) is 9.15. The van der Waals surface area contributed by atoms with Crippen LogP contribution in [0, 0.1) is 0 Å². The molecule has 0 bridgehead atoms. The summed E-state index contributed by atoms with van der Waals surface area (Å²) in [5.41, 5.74) is 0. The first kappa shape index (κ1) is 20.7. The van der Waals surface area contributed by atoms with E-state index in [0.717, 1.165) is 13.5 Å². The van der Waals surface area contributed by atoms with E-state index in [1.807, 2.05) is 0 Å². The van der Waals surface area contributed by atoms with Gasteiger partial charge in [-0.25, -0.2) is 0 Å². The smallest absolute Gasteiger partial charge is 0.300 e. The van der Waals surface area contributed by atoms with Crippen molar-refractivity contribution < 1.29 is 14.6 Å². The third-order valence-electron chi connectivity index (χ3n) is 2.95. The van der Waals surface area contributed by atoms with Crippen molar-refractivity contribution in [3.8, 4) is 0 Å². The molecule has 0 aliphatic carbocycles. The van der Waals surface area contributed by atoms with Gasteiger partial charge in [0.05, 0.1) is 0 Å². The summed E-state index contributed by atoms with van der Waals surface area (Å²) in [6, 6.07) is 0. The zero-order valence-electron chi connectivity index (χ0n) is 13.2. The largest absolute Gasteiger partial charge is 0.481 e. The second-order valence-electron chi connectivity index (χ2n) is 5.05. The first-order valence-electron chi connectivity index (χ1n) is 7.83. The zero-order valence-corrected chi connectivity index (χ0v) is 13.2. The van der Waals surface area contributed by atoms with Gasteiger partial charge in [0.1, 0.15) is 0 Å². The Morgan fingerprint density at radius 1 is 0.842 bits per heavy atom. The topological polar surface area (TPSA) is 46.5 Å². The van der Waals surface area contributed by atoms with Gasteiger partial charge in [-0.05, 0) is 6.42 Å². The third kappa shape index (κ3) is 31.8. The van der Waals surface area contributed by atoms with E-state index in [1.165, 1.54) is 70.6 Å². The van der Waals surface area contributed by atoms with Gasteiger partial charge in [0.2, 0.25) is 0 Å². The fraction of sp³-hybridized carbons (Fsp3) is 0.938. The predicted octanol–water partition coefficient (Wildman–Crippen LogP) is 5.03. The minimum Gasteiger partial charge on any atom is -0.481 e. The molecule has 0 saturated carbocycles. The maximum Gasteiger partial charge on any atom is 0.300 e. The van der Waals surface area contributed by atoms with Crippen LogP contribution in [0.4, 0.5) is 0 Å². The Bertz CT molecular complexity index is 153. The summed E-state index contributed by atoms with van der Waals surface area (Å²) in [7, 11) is 1.79. The molecule has 1 N–H and O–H groups in total. The summed E-state index contributed by atoms with van der Waals surface area (Å²) in [6.07, 6.45) is 15.5. The fourth-order valence-corrected chi connectivity index (χ4v) is 1.91. The SMILES string of the molecule is CC(=O)O.CCCCCCCCCCCCCOC. The van der Waals surface area contributed by atoms with Crippen LogP contribution in [0.1, 0.15) is 84.5 Å². The van der Waals surface area contributed by atoms with E-state index in [0.29, 0.717) is 0 Å². The van der Waals surface area contributed by atoms with Crippen molar-refractivity contribution in [1.82, 2.24) is 0 Å². The lowest BCUT2D eigenvalue weighted by Crippen LogP contribution is -1.88. The predicted molar refractivity (Wildman–Crippen MR) is 81.6 cm³/mol. The van der Waals surface area contributed by atoms with Gasteiger partial charge in [-0.1, -0.05) is 71.1 Å². The molecular formula is C16H34O3. The standard InChI is InChI=1S/C14H30O.C2H4O2/c1-3-4-5-6-7-8-9-10-11-12-13-14-15-2;1-2(3)4/h3-14H2,1-2H3;1H3,(H,3,4). The maximum absolute atomic E-state index is 9.00. The fourth-order valence-electron chi connectivity index (χ4n) is 1.91. The molecule has 0 atom stereocenters. The van der Waals surface area contributed by atoms with E-state index >= 15 is 0 Å². The lowest BCUT2D eigenvalue weighted by Gasteiger charge is -2.02. The molecule has 0 unspecified atom stereocenters. The molecule has 19 heavy (non-hydrogen) atoms. The highest BCUT2D eigenvalue weighted by Crippen LogP contribution is 2.11. The molecule has 0 aromatic carbocycles. The van der Waals surface area contributed by atoms with Gasteiger partial charge in [-0.3, -0.25) is 4.79 Å². The number of methoxy groups -OCH3 is 1. The van der Waals surface area contributed by atoms with Gasteiger partial charge in [-0.2, -0.15) is 0 Å². The quantitative estimate of drug-likeness (QED) is 0.507. The molecule has 0 heterocycles. The molecule has 0 aliphatic heterocycles. The second-order valence-corrected chi connectivity index (χ2v) is 5.05. The van der Waals surface area contributed by atoms with Crippen LogP contribution in [0.2, 0.25) is 0 Å². The molecule has 0 rings (SSSR count). The summed E-state index contributed by atoms with van der Waals surface area (Å²) in [4.78, 5) is 9.00. The highest BCUT2D eigenvalue weighted by molar-refractivity contribution is 5.62. The van der Waals surface area contributed by atoms with Crippen molar-refractivity contribution >= 4 is 5.97 Å². The van der Waals surface area contributed by atoms with Crippen LogP contribution in [0.25, 0.3) is 0 Å². The van der Waals surface area contributed by atoms with Gasteiger partial charge in [0, 0.05) is 20.6 Å². The second kappa shape index (κ2) is 19.8. The van der Waals surface area contributed by atoms with Crippen LogP contribution in [0.5, 0.6) is 0 Å². The number of hydrogen-bond acceptors (Lipinski definition) is 2. The Kier molecular flexibility index (Phi) is 21.6. The van der Waals surface area contributed by atoms with E-state index in [1.54, 1.807) is 7.11 Å². The molecule has 0 fully saturated rings. The van der Waals surface area contributed by atoms with Crippen LogP contribution in [-0.4, -0.2) is 24.8 Å². The summed E-state index contributed by atoms with van der Waals surface area (Å²) in [6.45, 7) is 4.30. The molecule has 116 valence electrons. The van der Waals surface area contributed by atoms with Crippen molar-refractivity contribution in [2.45, 2.75) is 84.5 Å². The minimum absolute atomic E-state index is 0.833. The Morgan fingerprint density at radius 3 is 1.47 bits per heavy atom. The molecular weight excluding hydrogens is 240 g/mol. The molecule has 0 radical (unpaired) electrons. The van der Waals surface area contributed by atoms with Crippen LogP contribution >= 0.6 is 0 Å². The normalized spacial score (nSPS) is 9.84. The highest BCUT2D eigenvalue weighted by Gasteiger charge is 1.92. The van der Waals surface area contributed by atoms with Gasteiger partial charge >= 0.3 is 0 Å². The van der Waals surface area contributed by atoms with E-state index < -0.39 is 5.97 Å². The van der Waals surface area contributed by atoms with Crippen LogP contribution in [0.3, 0.4) is 0 Å². The van der Waals surface area contributed by atoms with E-state index in [4.69, 9.17) is 14.6 Å². The van der Waals surface area contributed by atoms with Gasteiger partial charge in [0.15, 0.2) is 0 Å². The number of unbranched alkanes of at least 4 members (excludes halogenated alkanes) is 10. The monoisotopic (exact) mass is 274 g/mol. The Balaban J connectivity index is 0. The Hall–Kier alpha value is -0.570. The molecule has 0 amide bonds. The van der Waals surface area contributed by atoms with E-state index in [9.17, 15) is 0 Å². The molecule has 0 aliphatic rings. The molecule has 0 aromatic rings. The summed E-state index contributed by atoms with van der Waals surface area (Å²) in [5, 5.41) is 7.42. The first-order valence-corrected chi connectivity index (χ1v) is 7.83. The molecule has 0 saturated heterocycles. The van der Waals surface area contributed by atoms with Crippen molar-refractivity contribution in [3.63, 3.8) is 0 Å². The molecule has 3 nitrogen and oxygen atoms in total. The lowest BCUT2D eigenvalue weighted by atomic mass is 10.1. The van der Waals surface area contributed by atoms with Crippen molar-refractivity contribution in [2.75, 3.05) is 13.7 Å². The van der Waals surface area contributed by atoms with Crippen molar-refractivity contribution in [2.24, 2.45) is 0 Å². The number of hydrogen-bond donors (Lipinski definition) is 1. The van der Waals surface area contributed by atoms with Gasteiger partial charge < -0.3 is 9.84 Å². The number of ether oxygens (including phenoxy) is 1. The molecule has 0 aromatic heterocycles. The van der Waals surface area contributed by atoms with E-state index in [-0.39, 0.29) is 0 Å². The number of rotatable bonds is 12. The highest BCUT2D eigenvalue weighted by atomic mass is 16.5. The van der Waals surface area contributed by atoms with Crippen molar-refractivity contribution in [1.29, 1.82) is 0 Å². The number of carboxylic acids is 1. The summed E-state index contributed by atoms with van der Waals surface area (Å²) < 4.78 is 5.02. The van der Waals surface area contributed by atoms with Crippen molar-refractivity contribution in [3.05, 3.63) is 0 Å². The third-order valence-corrected chi connectivity index (χ3v) is 2.95. The van der Waals surface area contributed by atoms with Gasteiger partial charge in [0.25, 0.3) is 5.97 Å². The molecule has 0 spiro atoms. The number of carboxylic acid groups (broad SMARTS) is 1. The minimum atomic E-state index is -0.833. The average Bonchev–Trinajstić information content (AvgIpc) is 2.35. The van der Waals surface area contributed by atoms with Gasteiger partial charge in [-0.15, -0.1) is 0 Å². The maximum atomic E-state index is 9.00.